The number of benzene rings is 1. The molecule has 1 aliphatic heterocycles. The topological polar surface area (TPSA) is 78.5 Å². The Morgan fingerprint density at radius 2 is 1.81 bits per heavy atom. The number of carbonyl (C=O) groups excluding carboxylic acids is 3. The molecule has 1 saturated heterocycles. The van der Waals surface area contributed by atoms with Crippen molar-refractivity contribution < 1.29 is 14.4 Å². The summed E-state index contributed by atoms with van der Waals surface area (Å²) < 4.78 is 0. The number of amides is 3. The molecule has 2 N–H and O–H groups in total. The summed E-state index contributed by atoms with van der Waals surface area (Å²) in [7, 11) is 0. The van der Waals surface area contributed by atoms with Crippen LogP contribution in [0.3, 0.4) is 0 Å². The zero-order chi connectivity index (χ0) is 19.3. The van der Waals surface area contributed by atoms with E-state index in [4.69, 9.17) is 0 Å². The molecule has 0 bridgehead atoms. The Labute approximate surface area is 155 Å². The van der Waals surface area contributed by atoms with Crippen LogP contribution in [0.1, 0.15) is 57.3 Å². The van der Waals surface area contributed by atoms with Crippen molar-refractivity contribution in [2.24, 2.45) is 5.41 Å². The van der Waals surface area contributed by atoms with Crippen LogP contribution in [0.25, 0.3) is 0 Å². The third-order valence-electron chi connectivity index (χ3n) is 4.44. The number of carbonyl (C=O) groups is 3. The fourth-order valence-electron chi connectivity index (χ4n) is 2.83. The molecule has 0 saturated carbocycles. The first kappa shape index (κ1) is 19.9. The number of hydrogen-bond acceptors (Lipinski definition) is 3. The average molecular weight is 359 g/mol. The standard InChI is InChI=1S/C20H29N3O3/c1-5-12-21-17(24)16-7-6-13-23(16)18(25)14-8-10-15(11-9-14)22-19(26)20(2,3)4/h8-11,16H,5-7,12-13H2,1-4H3,(H,21,24)(H,22,26). The normalized spacial score (nSPS) is 17.1. The first-order chi connectivity index (χ1) is 12.2. The fourth-order valence-corrected chi connectivity index (χ4v) is 2.83. The second-order valence-electron chi connectivity index (χ2n) is 7.73. The maximum absolute atomic E-state index is 12.8. The highest BCUT2D eigenvalue weighted by atomic mass is 16.2. The molecule has 6 nitrogen and oxygen atoms in total. The van der Waals surface area contributed by atoms with Crippen molar-refractivity contribution in [1.29, 1.82) is 0 Å². The number of rotatable bonds is 5. The van der Waals surface area contributed by atoms with Crippen molar-refractivity contribution in [3.8, 4) is 0 Å². The van der Waals surface area contributed by atoms with E-state index in [1.54, 1.807) is 29.2 Å². The van der Waals surface area contributed by atoms with Crippen LogP contribution in [0.15, 0.2) is 24.3 Å². The second-order valence-corrected chi connectivity index (χ2v) is 7.73. The lowest BCUT2D eigenvalue weighted by Gasteiger charge is -2.24. The van der Waals surface area contributed by atoms with E-state index in [1.807, 2.05) is 27.7 Å². The number of nitrogens with zero attached hydrogens (tertiary/aromatic N) is 1. The first-order valence-electron chi connectivity index (χ1n) is 9.24. The van der Waals surface area contributed by atoms with Crippen molar-refractivity contribution in [1.82, 2.24) is 10.2 Å². The number of hydrogen-bond donors (Lipinski definition) is 2. The van der Waals surface area contributed by atoms with Gasteiger partial charge >= 0.3 is 0 Å². The van der Waals surface area contributed by atoms with Crippen LogP contribution < -0.4 is 10.6 Å². The summed E-state index contributed by atoms with van der Waals surface area (Å²) in [5.41, 5.74) is 0.692. The van der Waals surface area contributed by atoms with E-state index in [2.05, 4.69) is 10.6 Å². The molecular formula is C20H29N3O3. The van der Waals surface area contributed by atoms with Crippen molar-refractivity contribution in [3.63, 3.8) is 0 Å². The zero-order valence-electron chi connectivity index (χ0n) is 16.1. The summed E-state index contributed by atoms with van der Waals surface area (Å²) in [5, 5.41) is 5.71. The fraction of sp³-hybridized carbons (Fsp3) is 0.550. The molecule has 1 fully saturated rings. The summed E-state index contributed by atoms with van der Waals surface area (Å²) in [6.45, 7) is 8.74. The molecule has 1 aliphatic rings. The molecule has 2 rings (SSSR count). The Bertz CT molecular complexity index is 662. The van der Waals surface area contributed by atoms with E-state index < -0.39 is 11.5 Å². The van der Waals surface area contributed by atoms with E-state index in [0.717, 1.165) is 12.8 Å². The predicted molar refractivity (Wildman–Crippen MR) is 102 cm³/mol. The largest absolute Gasteiger partial charge is 0.354 e. The Morgan fingerprint density at radius 3 is 2.38 bits per heavy atom. The van der Waals surface area contributed by atoms with E-state index in [0.29, 0.717) is 30.8 Å². The van der Waals surface area contributed by atoms with Gasteiger partial charge in [0.1, 0.15) is 6.04 Å². The summed E-state index contributed by atoms with van der Waals surface area (Å²) >= 11 is 0. The smallest absolute Gasteiger partial charge is 0.254 e. The Balaban J connectivity index is 2.05. The van der Waals surface area contributed by atoms with Crippen molar-refractivity contribution in [2.75, 3.05) is 18.4 Å². The molecule has 3 amide bonds. The molecule has 1 aromatic carbocycles. The average Bonchev–Trinajstić information content (AvgIpc) is 3.08. The summed E-state index contributed by atoms with van der Waals surface area (Å²) in [4.78, 5) is 38.7. The first-order valence-corrected chi connectivity index (χ1v) is 9.24. The molecule has 0 aromatic heterocycles. The molecule has 1 heterocycles. The Kier molecular flexibility index (Phi) is 6.40. The van der Waals surface area contributed by atoms with Crippen LogP contribution in [0.4, 0.5) is 5.69 Å². The van der Waals surface area contributed by atoms with Crippen LogP contribution in [-0.4, -0.2) is 41.8 Å². The number of nitrogens with one attached hydrogen (secondary N) is 2. The number of anilines is 1. The summed E-state index contributed by atoms with van der Waals surface area (Å²) in [5.74, 6) is -0.302. The Morgan fingerprint density at radius 1 is 1.15 bits per heavy atom. The van der Waals surface area contributed by atoms with E-state index in [-0.39, 0.29) is 17.7 Å². The molecule has 0 aliphatic carbocycles. The zero-order valence-corrected chi connectivity index (χ0v) is 16.1. The van der Waals surface area contributed by atoms with Gasteiger partial charge in [-0.2, -0.15) is 0 Å². The van der Waals surface area contributed by atoms with E-state index >= 15 is 0 Å². The van der Waals surface area contributed by atoms with E-state index in [9.17, 15) is 14.4 Å². The lowest BCUT2D eigenvalue weighted by Crippen LogP contribution is -2.46. The molecule has 1 aromatic rings. The van der Waals surface area contributed by atoms with Crippen LogP contribution in [-0.2, 0) is 9.59 Å². The van der Waals surface area contributed by atoms with Gasteiger partial charge in [0.25, 0.3) is 5.91 Å². The van der Waals surface area contributed by atoms with Gasteiger partial charge in [0.2, 0.25) is 11.8 Å². The predicted octanol–water partition coefficient (Wildman–Crippen LogP) is 2.80. The van der Waals surface area contributed by atoms with Gasteiger partial charge in [0.15, 0.2) is 0 Å². The highest BCUT2D eigenvalue weighted by molar-refractivity contribution is 5.99. The van der Waals surface area contributed by atoms with Gasteiger partial charge in [-0.05, 0) is 43.5 Å². The molecule has 1 atom stereocenters. The third-order valence-corrected chi connectivity index (χ3v) is 4.44. The molecular weight excluding hydrogens is 330 g/mol. The van der Waals surface area contributed by atoms with E-state index in [1.165, 1.54) is 0 Å². The van der Waals surface area contributed by atoms with Crippen molar-refractivity contribution in [3.05, 3.63) is 29.8 Å². The van der Waals surface area contributed by atoms with Crippen LogP contribution >= 0.6 is 0 Å². The highest BCUT2D eigenvalue weighted by Crippen LogP contribution is 2.22. The minimum Gasteiger partial charge on any atom is -0.354 e. The maximum Gasteiger partial charge on any atom is 0.254 e. The molecule has 6 heteroatoms. The van der Waals surface area contributed by atoms with Gasteiger partial charge < -0.3 is 15.5 Å². The van der Waals surface area contributed by atoms with Gasteiger partial charge in [-0.1, -0.05) is 27.7 Å². The van der Waals surface area contributed by atoms with Crippen molar-refractivity contribution in [2.45, 2.75) is 53.0 Å². The summed E-state index contributed by atoms with van der Waals surface area (Å²) in [6.07, 6.45) is 2.39. The van der Waals surface area contributed by atoms with Gasteiger partial charge in [0, 0.05) is 29.8 Å². The monoisotopic (exact) mass is 359 g/mol. The molecule has 1 unspecified atom stereocenters. The molecule has 142 valence electrons. The van der Waals surface area contributed by atoms with Crippen LogP contribution in [0.5, 0.6) is 0 Å². The minimum atomic E-state index is -0.483. The Hall–Kier alpha value is -2.37. The molecule has 26 heavy (non-hydrogen) atoms. The van der Waals surface area contributed by atoms with Gasteiger partial charge in [-0.15, -0.1) is 0 Å². The lowest BCUT2D eigenvalue weighted by molar-refractivity contribution is -0.125. The molecule has 0 radical (unpaired) electrons. The molecule has 0 spiro atoms. The lowest BCUT2D eigenvalue weighted by atomic mass is 9.95. The highest BCUT2D eigenvalue weighted by Gasteiger charge is 2.34. The van der Waals surface area contributed by atoms with Gasteiger partial charge in [0.05, 0.1) is 0 Å². The SMILES string of the molecule is CCCNC(=O)C1CCCN1C(=O)c1ccc(NC(=O)C(C)(C)C)cc1. The summed E-state index contributed by atoms with van der Waals surface area (Å²) in [6, 6.07) is 6.44. The number of likely N-dealkylation sites (tertiary alicyclic amines) is 1. The minimum absolute atomic E-state index is 0.0771. The maximum atomic E-state index is 12.8. The second kappa shape index (κ2) is 8.34. The third kappa shape index (κ3) is 4.84. The van der Waals surface area contributed by atoms with Crippen molar-refractivity contribution >= 4 is 23.4 Å². The van der Waals surface area contributed by atoms with Crippen LogP contribution in [0, 0.1) is 5.41 Å². The van der Waals surface area contributed by atoms with Crippen LogP contribution in [0.2, 0.25) is 0 Å². The quantitative estimate of drug-likeness (QED) is 0.848. The van der Waals surface area contributed by atoms with Gasteiger partial charge in [-0.25, -0.2) is 0 Å². The van der Waals surface area contributed by atoms with Gasteiger partial charge in [-0.3, -0.25) is 14.4 Å².